The van der Waals surface area contributed by atoms with Gasteiger partial charge in [0.05, 0.1) is 12.2 Å². The first-order valence-corrected chi connectivity index (χ1v) is 6.82. The summed E-state index contributed by atoms with van der Waals surface area (Å²) in [4.78, 5) is 0. The Balaban J connectivity index is 2.28. The van der Waals surface area contributed by atoms with Crippen LogP contribution in [0, 0.1) is 12.8 Å². The van der Waals surface area contributed by atoms with Gasteiger partial charge in [0.25, 0.3) is 0 Å². The van der Waals surface area contributed by atoms with Crippen LogP contribution in [0.5, 0.6) is 0 Å². The summed E-state index contributed by atoms with van der Waals surface area (Å²) in [5.41, 5.74) is 11.1. The van der Waals surface area contributed by atoms with Gasteiger partial charge >= 0.3 is 0 Å². The lowest BCUT2D eigenvalue weighted by Gasteiger charge is -2.14. The van der Waals surface area contributed by atoms with Crippen LogP contribution in [-0.4, -0.2) is 9.78 Å². The predicted octanol–water partition coefficient (Wildman–Crippen LogP) is 2.98. The van der Waals surface area contributed by atoms with Crippen LogP contribution in [0.1, 0.15) is 42.3 Å². The van der Waals surface area contributed by atoms with Crippen molar-refractivity contribution in [2.75, 3.05) is 0 Å². The van der Waals surface area contributed by atoms with Gasteiger partial charge < -0.3 is 5.73 Å². The highest BCUT2D eigenvalue weighted by Gasteiger charge is 2.14. The lowest BCUT2D eigenvalue weighted by atomic mass is 9.95. The van der Waals surface area contributed by atoms with Crippen LogP contribution < -0.4 is 5.73 Å². The molecule has 102 valence electrons. The SMILES string of the molecule is Cc1c(C(N)c2cccc(CC(C)C)c2)cnn1C. The third kappa shape index (κ3) is 3.04. The summed E-state index contributed by atoms with van der Waals surface area (Å²) < 4.78 is 1.87. The predicted molar refractivity (Wildman–Crippen MR) is 79.0 cm³/mol. The van der Waals surface area contributed by atoms with Crippen molar-refractivity contribution in [1.82, 2.24) is 9.78 Å². The second-order valence-corrected chi connectivity index (χ2v) is 5.63. The van der Waals surface area contributed by atoms with Crippen LogP contribution in [-0.2, 0) is 13.5 Å². The molecule has 19 heavy (non-hydrogen) atoms. The molecule has 1 aromatic heterocycles. The molecule has 0 spiro atoms. The number of aromatic nitrogens is 2. The van der Waals surface area contributed by atoms with Crippen molar-refractivity contribution in [2.24, 2.45) is 18.7 Å². The van der Waals surface area contributed by atoms with Gasteiger partial charge in [-0.1, -0.05) is 38.1 Å². The zero-order valence-corrected chi connectivity index (χ0v) is 12.2. The molecule has 2 aromatic rings. The van der Waals surface area contributed by atoms with Crippen LogP contribution >= 0.6 is 0 Å². The van der Waals surface area contributed by atoms with Crippen LogP contribution in [0.2, 0.25) is 0 Å². The fraction of sp³-hybridized carbons (Fsp3) is 0.438. The molecule has 1 atom stereocenters. The minimum Gasteiger partial charge on any atom is -0.320 e. The topological polar surface area (TPSA) is 43.8 Å². The lowest BCUT2D eigenvalue weighted by Crippen LogP contribution is -2.13. The number of aryl methyl sites for hydroxylation is 1. The molecule has 0 fully saturated rings. The summed E-state index contributed by atoms with van der Waals surface area (Å²) in [5.74, 6) is 0.659. The lowest BCUT2D eigenvalue weighted by molar-refractivity contribution is 0.646. The number of nitrogens with two attached hydrogens (primary N) is 1. The van der Waals surface area contributed by atoms with E-state index in [9.17, 15) is 0 Å². The molecule has 0 aliphatic carbocycles. The standard InChI is InChI=1S/C16H23N3/c1-11(2)8-13-6-5-7-14(9-13)16(17)15-10-18-19(4)12(15)3/h5-7,9-11,16H,8,17H2,1-4H3. The molecule has 3 nitrogen and oxygen atoms in total. The molecule has 0 saturated heterocycles. The smallest absolute Gasteiger partial charge is 0.0585 e. The summed E-state index contributed by atoms with van der Waals surface area (Å²) in [5, 5.41) is 4.27. The second kappa shape index (κ2) is 5.57. The van der Waals surface area contributed by atoms with E-state index in [4.69, 9.17) is 5.73 Å². The molecule has 0 saturated carbocycles. The number of nitrogens with zero attached hydrogens (tertiary/aromatic N) is 2. The summed E-state index contributed by atoms with van der Waals surface area (Å²) >= 11 is 0. The Kier molecular flexibility index (Phi) is 4.05. The van der Waals surface area contributed by atoms with Gasteiger partial charge in [-0.25, -0.2) is 0 Å². The highest BCUT2D eigenvalue weighted by Crippen LogP contribution is 2.23. The minimum absolute atomic E-state index is 0.0965. The largest absolute Gasteiger partial charge is 0.320 e. The number of rotatable bonds is 4. The third-order valence-corrected chi connectivity index (χ3v) is 3.56. The Hall–Kier alpha value is -1.61. The molecule has 3 heteroatoms. The number of benzene rings is 1. The molecule has 0 bridgehead atoms. The summed E-state index contributed by atoms with van der Waals surface area (Å²) in [6, 6.07) is 8.49. The van der Waals surface area contributed by atoms with Gasteiger partial charge in [0.15, 0.2) is 0 Å². The summed E-state index contributed by atoms with van der Waals surface area (Å²) in [7, 11) is 1.95. The molecule has 0 aliphatic heterocycles. The van der Waals surface area contributed by atoms with E-state index in [0.717, 1.165) is 23.2 Å². The molecule has 0 aliphatic rings. The highest BCUT2D eigenvalue weighted by atomic mass is 15.3. The van der Waals surface area contributed by atoms with Crippen LogP contribution in [0.15, 0.2) is 30.5 Å². The van der Waals surface area contributed by atoms with Crippen molar-refractivity contribution in [3.63, 3.8) is 0 Å². The fourth-order valence-corrected chi connectivity index (χ4v) is 2.39. The van der Waals surface area contributed by atoms with E-state index >= 15 is 0 Å². The molecule has 2 N–H and O–H groups in total. The maximum absolute atomic E-state index is 6.38. The van der Waals surface area contributed by atoms with Crippen LogP contribution in [0.4, 0.5) is 0 Å². The molecule has 0 amide bonds. The molecule has 2 rings (SSSR count). The Morgan fingerprint density at radius 2 is 2.05 bits per heavy atom. The molecular formula is C16H23N3. The zero-order chi connectivity index (χ0) is 14.0. The van der Waals surface area contributed by atoms with Crippen molar-refractivity contribution in [1.29, 1.82) is 0 Å². The fourth-order valence-electron chi connectivity index (χ4n) is 2.39. The van der Waals surface area contributed by atoms with E-state index in [0.29, 0.717) is 5.92 Å². The van der Waals surface area contributed by atoms with E-state index in [1.54, 1.807) is 0 Å². The van der Waals surface area contributed by atoms with Crippen molar-refractivity contribution in [3.8, 4) is 0 Å². The van der Waals surface area contributed by atoms with Crippen molar-refractivity contribution in [2.45, 2.75) is 33.2 Å². The van der Waals surface area contributed by atoms with Gasteiger partial charge in [-0.15, -0.1) is 0 Å². The molecule has 1 aromatic carbocycles. The minimum atomic E-state index is -0.0965. The Bertz CT molecular complexity index is 555. The van der Waals surface area contributed by atoms with E-state index in [1.165, 1.54) is 5.56 Å². The maximum atomic E-state index is 6.38. The van der Waals surface area contributed by atoms with Gasteiger partial charge in [0.1, 0.15) is 0 Å². The van der Waals surface area contributed by atoms with E-state index in [1.807, 2.05) is 17.9 Å². The summed E-state index contributed by atoms with van der Waals surface area (Å²) in [6.45, 7) is 6.52. The van der Waals surface area contributed by atoms with E-state index in [-0.39, 0.29) is 6.04 Å². The van der Waals surface area contributed by atoms with Gasteiger partial charge in [-0.2, -0.15) is 5.10 Å². The maximum Gasteiger partial charge on any atom is 0.0585 e. The first-order chi connectivity index (χ1) is 8.99. The van der Waals surface area contributed by atoms with Crippen molar-refractivity contribution >= 4 is 0 Å². The van der Waals surface area contributed by atoms with Crippen molar-refractivity contribution in [3.05, 3.63) is 52.8 Å². The van der Waals surface area contributed by atoms with Gasteiger partial charge in [0, 0.05) is 18.3 Å². The van der Waals surface area contributed by atoms with Gasteiger partial charge in [-0.05, 0) is 30.4 Å². The number of hydrogen-bond acceptors (Lipinski definition) is 2. The first-order valence-electron chi connectivity index (χ1n) is 6.82. The number of hydrogen-bond donors (Lipinski definition) is 1. The Morgan fingerprint density at radius 3 is 2.63 bits per heavy atom. The average molecular weight is 257 g/mol. The van der Waals surface area contributed by atoms with E-state index < -0.39 is 0 Å². The van der Waals surface area contributed by atoms with Gasteiger partial charge in [-0.3, -0.25) is 4.68 Å². The average Bonchev–Trinajstić information content (AvgIpc) is 2.69. The van der Waals surface area contributed by atoms with Crippen LogP contribution in [0.25, 0.3) is 0 Å². The third-order valence-electron chi connectivity index (χ3n) is 3.56. The second-order valence-electron chi connectivity index (χ2n) is 5.63. The Morgan fingerprint density at radius 1 is 1.32 bits per heavy atom. The normalized spacial score (nSPS) is 12.9. The zero-order valence-electron chi connectivity index (χ0n) is 12.2. The monoisotopic (exact) mass is 257 g/mol. The molecule has 1 heterocycles. The summed E-state index contributed by atoms with van der Waals surface area (Å²) in [6.07, 6.45) is 2.96. The quantitative estimate of drug-likeness (QED) is 0.915. The molecule has 0 radical (unpaired) electrons. The van der Waals surface area contributed by atoms with Gasteiger partial charge in [0.2, 0.25) is 0 Å². The first kappa shape index (κ1) is 13.8. The van der Waals surface area contributed by atoms with Crippen LogP contribution in [0.3, 0.4) is 0 Å². The molecular weight excluding hydrogens is 234 g/mol. The molecule has 1 unspecified atom stereocenters. The van der Waals surface area contributed by atoms with E-state index in [2.05, 4.69) is 50.1 Å². The Labute approximate surface area is 115 Å². The van der Waals surface area contributed by atoms with Crippen molar-refractivity contribution < 1.29 is 0 Å². The highest BCUT2D eigenvalue weighted by molar-refractivity contribution is 5.34.